The van der Waals surface area contributed by atoms with Gasteiger partial charge in [0.15, 0.2) is 11.6 Å². The molecule has 0 fully saturated rings. The average molecular weight is 358 g/mol. The van der Waals surface area contributed by atoms with E-state index in [0.29, 0.717) is 4.57 Å². The number of ketones is 1. The Morgan fingerprint density at radius 3 is 2.50 bits per heavy atom. The van der Waals surface area contributed by atoms with Crippen LogP contribution in [0.1, 0.15) is 15.9 Å². The summed E-state index contributed by atoms with van der Waals surface area (Å²) in [6.45, 7) is 0. The lowest BCUT2D eigenvalue weighted by atomic mass is 10.0. The van der Waals surface area contributed by atoms with Crippen LogP contribution < -0.4 is 21.7 Å². The summed E-state index contributed by atoms with van der Waals surface area (Å²) in [7, 11) is 3.79. The van der Waals surface area contributed by atoms with Gasteiger partial charge in [0, 0.05) is 14.1 Å². The van der Waals surface area contributed by atoms with Crippen molar-refractivity contribution in [1.29, 1.82) is 5.26 Å². The third-order valence-corrected chi connectivity index (χ3v) is 3.79. The minimum absolute atomic E-state index is 0.00292. The monoisotopic (exact) mass is 358 g/mol. The maximum atomic E-state index is 13.8. The molecule has 0 amide bonds. The van der Waals surface area contributed by atoms with Gasteiger partial charge in [0.05, 0.1) is 7.11 Å². The fourth-order valence-electron chi connectivity index (χ4n) is 2.30. The Morgan fingerprint density at radius 2 is 1.96 bits per heavy atom. The van der Waals surface area contributed by atoms with Gasteiger partial charge in [-0.1, -0.05) is 6.07 Å². The van der Waals surface area contributed by atoms with Crippen LogP contribution in [-0.4, -0.2) is 22.0 Å². The minimum atomic E-state index is -0.961. The van der Waals surface area contributed by atoms with E-state index in [2.05, 4.69) is 0 Å². The highest BCUT2D eigenvalue weighted by molar-refractivity contribution is 6.16. The molecule has 2 rings (SSSR count). The van der Waals surface area contributed by atoms with E-state index in [1.165, 1.54) is 33.3 Å². The van der Waals surface area contributed by atoms with Crippen molar-refractivity contribution in [3.8, 4) is 11.8 Å². The maximum absolute atomic E-state index is 13.8. The number of hydrogen-bond donors (Lipinski definition) is 1. The van der Waals surface area contributed by atoms with E-state index in [4.69, 9.17) is 10.5 Å². The predicted molar refractivity (Wildman–Crippen MR) is 92.2 cm³/mol. The van der Waals surface area contributed by atoms with E-state index >= 15 is 0 Å². The number of rotatable bonds is 4. The summed E-state index contributed by atoms with van der Waals surface area (Å²) in [5.41, 5.74) is 3.37. The summed E-state index contributed by atoms with van der Waals surface area (Å²) in [6, 6.07) is 5.52. The van der Waals surface area contributed by atoms with Crippen molar-refractivity contribution in [3.05, 3.63) is 61.6 Å². The molecule has 0 spiro atoms. The van der Waals surface area contributed by atoms with Gasteiger partial charge < -0.3 is 10.5 Å². The molecule has 1 aromatic heterocycles. The number of aromatic nitrogens is 2. The molecule has 134 valence electrons. The van der Waals surface area contributed by atoms with Crippen molar-refractivity contribution in [2.75, 3.05) is 12.8 Å². The third kappa shape index (κ3) is 3.12. The van der Waals surface area contributed by atoms with E-state index in [-0.39, 0.29) is 17.1 Å². The van der Waals surface area contributed by atoms with Crippen LogP contribution in [0.15, 0.2) is 33.4 Å². The van der Waals surface area contributed by atoms with Gasteiger partial charge in [-0.15, -0.1) is 0 Å². The molecular weight excluding hydrogens is 343 g/mol. The number of benzene rings is 1. The van der Waals surface area contributed by atoms with Gasteiger partial charge in [0.25, 0.3) is 5.56 Å². The van der Waals surface area contributed by atoms with Crippen LogP contribution >= 0.6 is 0 Å². The van der Waals surface area contributed by atoms with Crippen LogP contribution in [-0.2, 0) is 14.1 Å². The molecule has 0 saturated heterocycles. The molecule has 2 aromatic rings. The molecule has 0 radical (unpaired) electrons. The molecule has 1 aromatic carbocycles. The van der Waals surface area contributed by atoms with Gasteiger partial charge in [-0.3, -0.25) is 18.7 Å². The normalized spacial score (nSPS) is 11.1. The van der Waals surface area contributed by atoms with Gasteiger partial charge in [-0.2, -0.15) is 5.26 Å². The number of nitrogens with zero attached hydrogens (tertiary/aromatic N) is 3. The number of nitrogen functional groups attached to an aromatic ring is 1. The van der Waals surface area contributed by atoms with Crippen LogP contribution in [0, 0.1) is 17.1 Å². The highest BCUT2D eigenvalue weighted by atomic mass is 19.1. The number of carbonyl (C=O) groups is 1. The minimum Gasteiger partial charge on any atom is -0.494 e. The SMILES string of the molecule is COc1ccc(/C=C(\C#N)C(=O)c2c(N)n(C)c(=O)n(C)c2=O)cc1F. The summed E-state index contributed by atoms with van der Waals surface area (Å²) in [5, 5.41) is 9.29. The second kappa shape index (κ2) is 7.06. The van der Waals surface area contributed by atoms with Crippen LogP contribution in [0.4, 0.5) is 10.2 Å². The molecule has 26 heavy (non-hydrogen) atoms. The quantitative estimate of drug-likeness (QED) is 0.485. The number of hydrogen-bond acceptors (Lipinski definition) is 6. The molecule has 0 saturated carbocycles. The number of anilines is 1. The Hall–Kier alpha value is -3.67. The molecule has 1 heterocycles. The van der Waals surface area contributed by atoms with E-state index in [0.717, 1.165) is 16.7 Å². The number of nitriles is 1. The summed E-state index contributed by atoms with van der Waals surface area (Å²) < 4.78 is 20.2. The highest BCUT2D eigenvalue weighted by Crippen LogP contribution is 2.20. The summed E-state index contributed by atoms with van der Waals surface area (Å²) in [6.07, 6.45) is 1.12. The number of allylic oxidation sites excluding steroid dienone is 1. The Morgan fingerprint density at radius 1 is 1.31 bits per heavy atom. The molecule has 0 atom stereocenters. The lowest BCUT2D eigenvalue weighted by Crippen LogP contribution is -2.41. The Labute approximate surface area is 147 Å². The zero-order chi connectivity index (χ0) is 19.6. The molecule has 0 aliphatic carbocycles. The first kappa shape index (κ1) is 18.7. The van der Waals surface area contributed by atoms with Gasteiger partial charge in [-0.05, 0) is 23.8 Å². The number of ether oxygens (including phenoxy) is 1. The van der Waals surface area contributed by atoms with Crippen LogP contribution in [0.2, 0.25) is 0 Å². The highest BCUT2D eigenvalue weighted by Gasteiger charge is 2.23. The third-order valence-electron chi connectivity index (χ3n) is 3.79. The van der Waals surface area contributed by atoms with Crippen LogP contribution in [0.25, 0.3) is 6.08 Å². The van der Waals surface area contributed by atoms with Crippen molar-refractivity contribution in [1.82, 2.24) is 9.13 Å². The topological polar surface area (TPSA) is 120 Å². The van der Waals surface area contributed by atoms with Gasteiger partial charge >= 0.3 is 5.69 Å². The number of halogens is 1. The van der Waals surface area contributed by atoms with Gasteiger partial charge in [0.2, 0.25) is 5.78 Å². The number of nitrogens with two attached hydrogens (primary N) is 1. The molecule has 2 N–H and O–H groups in total. The van der Waals surface area contributed by atoms with Crippen LogP contribution in [0.3, 0.4) is 0 Å². The average Bonchev–Trinajstić information content (AvgIpc) is 2.63. The van der Waals surface area contributed by atoms with Crippen molar-refractivity contribution >= 4 is 17.7 Å². The predicted octanol–water partition coefficient (Wildman–Crippen LogP) is 0.604. The summed E-state index contributed by atoms with van der Waals surface area (Å²) >= 11 is 0. The molecule has 0 aliphatic heterocycles. The maximum Gasteiger partial charge on any atom is 0.332 e. The van der Waals surface area contributed by atoms with E-state index < -0.39 is 34.0 Å². The fourth-order valence-corrected chi connectivity index (χ4v) is 2.30. The molecule has 9 heteroatoms. The second-order valence-electron chi connectivity index (χ2n) is 5.36. The summed E-state index contributed by atoms with van der Waals surface area (Å²) in [4.78, 5) is 36.7. The van der Waals surface area contributed by atoms with Gasteiger partial charge in [0.1, 0.15) is 23.0 Å². The van der Waals surface area contributed by atoms with E-state index in [9.17, 15) is 24.0 Å². The van der Waals surface area contributed by atoms with Crippen molar-refractivity contribution in [2.45, 2.75) is 0 Å². The molecule has 0 bridgehead atoms. The lowest BCUT2D eigenvalue weighted by Gasteiger charge is -2.10. The molecular formula is C17H15FN4O4. The first-order valence-corrected chi connectivity index (χ1v) is 7.28. The molecule has 0 unspecified atom stereocenters. The fraction of sp³-hybridized carbons (Fsp3) is 0.176. The standard InChI is InChI=1S/C17H15FN4O4/c1-21-15(20)13(16(24)22(2)17(21)25)14(23)10(8-19)6-9-4-5-12(26-3)11(18)7-9/h4-7H,20H2,1-3H3/b10-6+. The smallest absolute Gasteiger partial charge is 0.332 e. The largest absolute Gasteiger partial charge is 0.494 e. The second-order valence-corrected chi connectivity index (χ2v) is 5.36. The number of Topliss-reactive ketones (excluding diaryl/α,β-unsaturated/α-hetero) is 1. The van der Waals surface area contributed by atoms with Crippen molar-refractivity contribution < 1.29 is 13.9 Å². The van der Waals surface area contributed by atoms with Crippen LogP contribution in [0.5, 0.6) is 5.75 Å². The Balaban J connectivity index is 2.62. The number of methoxy groups -OCH3 is 1. The van der Waals surface area contributed by atoms with E-state index in [1.54, 1.807) is 6.07 Å². The Kier molecular flexibility index (Phi) is 5.07. The Bertz CT molecular complexity index is 1090. The zero-order valence-electron chi connectivity index (χ0n) is 14.2. The van der Waals surface area contributed by atoms with Crippen molar-refractivity contribution in [2.24, 2.45) is 14.1 Å². The first-order chi connectivity index (χ1) is 12.2. The van der Waals surface area contributed by atoms with Gasteiger partial charge in [-0.25, -0.2) is 9.18 Å². The number of carbonyl (C=O) groups excluding carboxylic acids is 1. The lowest BCUT2D eigenvalue weighted by molar-refractivity contribution is 0.103. The van der Waals surface area contributed by atoms with Crippen molar-refractivity contribution in [3.63, 3.8) is 0 Å². The summed E-state index contributed by atoms with van der Waals surface area (Å²) in [5.74, 6) is -1.99. The molecule has 0 aliphatic rings. The zero-order valence-corrected chi connectivity index (χ0v) is 14.2. The first-order valence-electron chi connectivity index (χ1n) is 7.28. The van der Waals surface area contributed by atoms with E-state index in [1.807, 2.05) is 0 Å². The molecule has 8 nitrogen and oxygen atoms in total.